The molecule has 2 aliphatic rings. The smallest absolute Gasteiger partial charge is 0.261 e. The molecule has 0 bridgehead atoms. The molecule has 24 heavy (non-hydrogen) atoms. The third-order valence-corrected chi connectivity index (χ3v) is 4.74. The first-order valence-electron chi connectivity index (χ1n) is 8.79. The Morgan fingerprint density at radius 1 is 1.12 bits per heavy atom. The second-order valence-electron chi connectivity index (χ2n) is 7.18. The molecule has 0 saturated heterocycles. The Bertz CT molecular complexity index is 675. The van der Waals surface area contributed by atoms with E-state index in [1.165, 1.54) is 11.3 Å². The van der Waals surface area contributed by atoms with Crippen LogP contribution in [0.3, 0.4) is 0 Å². The van der Waals surface area contributed by atoms with Gasteiger partial charge in [-0.1, -0.05) is 33.1 Å². The lowest BCUT2D eigenvalue weighted by Gasteiger charge is -2.29. The van der Waals surface area contributed by atoms with E-state index in [1.54, 1.807) is 18.2 Å². The standard InChI is InChI=1S/C19H24N2O3/c1-12(2)10-17(22)20-13-8-9-15-16(11-13)19(24)21(18(15)23)14-6-4-3-5-7-14/h8-9,11-12,14H,3-7,10H2,1-2H3,(H,20,22). The maximum absolute atomic E-state index is 12.7. The average molecular weight is 328 g/mol. The number of benzene rings is 1. The van der Waals surface area contributed by atoms with Crippen LogP contribution in [0.25, 0.3) is 0 Å². The molecule has 128 valence electrons. The fraction of sp³-hybridized carbons (Fsp3) is 0.526. The van der Waals surface area contributed by atoms with Crippen molar-refractivity contribution in [2.24, 2.45) is 5.92 Å². The number of anilines is 1. The summed E-state index contributed by atoms with van der Waals surface area (Å²) in [6.07, 6.45) is 5.51. The molecular formula is C19H24N2O3. The van der Waals surface area contributed by atoms with Crippen LogP contribution in [-0.4, -0.2) is 28.7 Å². The van der Waals surface area contributed by atoms with Gasteiger partial charge < -0.3 is 5.32 Å². The maximum atomic E-state index is 12.7. The van der Waals surface area contributed by atoms with Crippen molar-refractivity contribution >= 4 is 23.4 Å². The minimum atomic E-state index is -0.221. The van der Waals surface area contributed by atoms with Gasteiger partial charge in [0.1, 0.15) is 0 Å². The summed E-state index contributed by atoms with van der Waals surface area (Å²) in [6.45, 7) is 3.96. The summed E-state index contributed by atoms with van der Waals surface area (Å²) in [4.78, 5) is 38.7. The highest BCUT2D eigenvalue weighted by Crippen LogP contribution is 2.32. The van der Waals surface area contributed by atoms with Gasteiger partial charge in [-0.2, -0.15) is 0 Å². The Morgan fingerprint density at radius 3 is 2.46 bits per heavy atom. The molecular weight excluding hydrogens is 304 g/mol. The lowest BCUT2D eigenvalue weighted by Crippen LogP contribution is -2.40. The van der Waals surface area contributed by atoms with E-state index >= 15 is 0 Å². The Hall–Kier alpha value is -2.17. The molecule has 1 fully saturated rings. The van der Waals surface area contributed by atoms with Gasteiger partial charge in [-0.05, 0) is 37.0 Å². The second kappa shape index (κ2) is 6.75. The summed E-state index contributed by atoms with van der Waals surface area (Å²) in [6, 6.07) is 5.01. The van der Waals surface area contributed by atoms with Gasteiger partial charge in [0.05, 0.1) is 11.1 Å². The van der Waals surface area contributed by atoms with Gasteiger partial charge in [-0.15, -0.1) is 0 Å². The molecule has 5 heteroatoms. The van der Waals surface area contributed by atoms with E-state index < -0.39 is 0 Å². The number of rotatable bonds is 4. The maximum Gasteiger partial charge on any atom is 0.261 e. The topological polar surface area (TPSA) is 66.5 Å². The Morgan fingerprint density at radius 2 is 1.79 bits per heavy atom. The van der Waals surface area contributed by atoms with E-state index in [9.17, 15) is 14.4 Å². The van der Waals surface area contributed by atoms with E-state index in [-0.39, 0.29) is 29.7 Å². The summed E-state index contributed by atoms with van der Waals surface area (Å²) in [5, 5.41) is 2.81. The highest BCUT2D eigenvalue weighted by atomic mass is 16.2. The summed E-state index contributed by atoms with van der Waals surface area (Å²) < 4.78 is 0. The molecule has 0 unspecified atom stereocenters. The molecule has 1 aromatic carbocycles. The van der Waals surface area contributed by atoms with Crippen LogP contribution in [0.5, 0.6) is 0 Å². The minimum Gasteiger partial charge on any atom is -0.326 e. The van der Waals surface area contributed by atoms with Crippen molar-refractivity contribution in [1.29, 1.82) is 0 Å². The second-order valence-corrected chi connectivity index (χ2v) is 7.18. The minimum absolute atomic E-state index is 0.0186. The molecule has 1 heterocycles. The number of hydrogen-bond acceptors (Lipinski definition) is 3. The van der Waals surface area contributed by atoms with Crippen LogP contribution < -0.4 is 5.32 Å². The van der Waals surface area contributed by atoms with Crippen molar-refractivity contribution in [2.75, 3.05) is 5.32 Å². The molecule has 1 saturated carbocycles. The van der Waals surface area contributed by atoms with Crippen molar-refractivity contribution in [3.63, 3.8) is 0 Å². The molecule has 1 N–H and O–H groups in total. The van der Waals surface area contributed by atoms with Gasteiger partial charge >= 0.3 is 0 Å². The van der Waals surface area contributed by atoms with E-state index in [0.717, 1.165) is 25.7 Å². The van der Waals surface area contributed by atoms with E-state index in [2.05, 4.69) is 5.32 Å². The first kappa shape index (κ1) is 16.7. The highest BCUT2D eigenvalue weighted by molar-refractivity contribution is 6.22. The van der Waals surface area contributed by atoms with Gasteiger partial charge in [0, 0.05) is 18.2 Å². The third-order valence-electron chi connectivity index (χ3n) is 4.74. The summed E-state index contributed by atoms with van der Waals surface area (Å²) in [5.74, 6) is -0.223. The molecule has 1 aliphatic carbocycles. The Kier molecular flexibility index (Phi) is 4.69. The van der Waals surface area contributed by atoms with E-state index in [0.29, 0.717) is 23.2 Å². The quantitative estimate of drug-likeness (QED) is 0.859. The number of nitrogens with one attached hydrogen (secondary N) is 1. The van der Waals surface area contributed by atoms with Crippen LogP contribution in [-0.2, 0) is 4.79 Å². The number of carbonyl (C=O) groups is 3. The van der Waals surface area contributed by atoms with E-state index in [4.69, 9.17) is 0 Å². The number of hydrogen-bond donors (Lipinski definition) is 1. The first-order chi connectivity index (χ1) is 11.5. The summed E-state index contributed by atoms with van der Waals surface area (Å²) >= 11 is 0. The SMILES string of the molecule is CC(C)CC(=O)Nc1ccc2c(c1)C(=O)N(C1CCCCC1)C2=O. The van der Waals surface area contributed by atoms with Crippen LogP contribution in [0.15, 0.2) is 18.2 Å². The lowest BCUT2D eigenvalue weighted by atomic mass is 9.94. The number of carbonyl (C=O) groups excluding carboxylic acids is 3. The van der Waals surface area contributed by atoms with Crippen LogP contribution >= 0.6 is 0 Å². The fourth-order valence-corrected chi connectivity index (χ4v) is 3.59. The number of amides is 3. The zero-order valence-corrected chi connectivity index (χ0v) is 14.3. The van der Waals surface area contributed by atoms with Gasteiger partial charge in [-0.3, -0.25) is 19.3 Å². The first-order valence-corrected chi connectivity index (χ1v) is 8.79. The van der Waals surface area contributed by atoms with Crippen LogP contribution in [0.2, 0.25) is 0 Å². The van der Waals surface area contributed by atoms with E-state index in [1.807, 2.05) is 13.8 Å². The Labute approximate surface area is 142 Å². The predicted octanol–water partition coefficient (Wildman–Crippen LogP) is 3.60. The zero-order chi connectivity index (χ0) is 17.3. The molecule has 1 aliphatic heterocycles. The van der Waals surface area contributed by atoms with Crippen LogP contribution in [0, 0.1) is 5.92 Å². The van der Waals surface area contributed by atoms with Crippen molar-refractivity contribution < 1.29 is 14.4 Å². The highest BCUT2D eigenvalue weighted by Gasteiger charge is 2.40. The van der Waals surface area contributed by atoms with Gasteiger partial charge in [0.2, 0.25) is 5.91 Å². The fourth-order valence-electron chi connectivity index (χ4n) is 3.59. The van der Waals surface area contributed by atoms with Crippen LogP contribution in [0.1, 0.15) is 73.1 Å². The summed E-state index contributed by atoms with van der Waals surface area (Å²) in [7, 11) is 0. The van der Waals surface area contributed by atoms with Gasteiger partial charge in [0.25, 0.3) is 11.8 Å². The predicted molar refractivity (Wildman–Crippen MR) is 91.9 cm³/mol. The monoisotopic (exact) mass is 328 g/mol. The number of imide groups is 1. The molecule has 0 aromatic heterocycles. The normalized spacial score (nSPS) is 18.2. The van der Waals surface area contributed by atoms with Crippen molar-refractivity contribution in [3.8, 4) is 0 Å². The molecule has 3 amide bonds. The Balaban J connectivity index is 1.79. The van der Waals surface area contributed by atoms with Crippen molar-refractivity contribution in [1.82, 2.24) is 4.90 Å². The van der Waals surface area contributed by atoms with Crippen molar-refractivity contribution in [2.45, 2.75) is 58.4 Å². The summed E-state index contributed by atoms with van der Waals surface area (Å²) in [5.41, 5.74) is 1.44. The third kappa shape index (κ3) is 3.21. The van der Waals surface area contributed by atoms with Gasteiger partial charge in [0.15, 0.2) is 0 Å². The molecule has 0 atom stereocenters. The number of nitrogens with zero attached hydrogens (tertiary/aromatic N) is 1. The lowest BCUT2D eigenvalue weighted by molar-refractivity contribution is -0.116. The molecule has 0 spiro atoms. The van der Waals surface area contributed by atoms with Gasteiger partial charge in [-0.25, -0.2) is 0 Å². The largest absolute Gasteiger partial charge is 0.326 e. The van der Waals surface area contributed by atoms with Crippen molar-refractivity contribution in [3.05, 3.63) is 29.3 Å². The molecule has 3 rings (SSSR count). The molecule has 0 radical (unpaired) electrons. The zero-order valence-electron chi connectivity index (χ0n) is 14.3. The molecule has 5 nitrogen and oxygen atoms in total. The molecule has 1 aromatic rings. The average Bonchev–Trinajstić information content (AvgIpc) is 2.78. The number of fused-ring (bicyclic) bond motifs is 1. The van der Waals surface area contributed by atoms with Crippen LogP contribution in [0.4, 0.5) is 5.69 Å².